The number of nitrogens with one attached hydrogen (secondary N) is 1. The largest absolute Gasteiger partial charge is 0.484 e. The van der Waals surface area contributed by atoms with Crippen molar-refractivity contribution >= 4 is 50.0 Å². The Morgan fingerprint density at radius 3 is 2.62 bits per heavy atom. The maximum Gasteiger partial charge on any atom is 0.343 e. The van der Waals surface area contributed by atoms with E-state index in [1.54, 1.807) is 18.2 Å². The number of amides is 1. The van der Waals surface area contributed by atoms with E-state index in [1.807, 2.05) is 25.1 Å². The van der Waals surface area contributed by atoms with Crippen molar-refractivity contribution in [1.82, 2.24) is 5.43 Å². The van der Waals surface area contributed by atoms with Gasteiger partial charge in [-0.05, 0) is 70.9 Å². The van der Waals surface area contributed by atoms with Gasteiger partial charge in [0.05, 0.1) is 16.3 Å². The van der Waals surface area contributed by atoms with Crippen LogP contribution in [0.3, 0.4) is 0 Å². The Kier molecular flexibility index (Phi) is 8.13. The maximum absolute atomic E-state index is 13.4. The van der Waals surface area contributed by atoms with Crippen LogP contribution < -0.4 is 14.9 Å². The van der Waals surface area contributed by atoms with Gasteiger partial charge in [0.15, 0.2) is 12.4 Å². The van der Waals surface area contributed by atoms with E-state index < -0.39 is 17.7 Å². The highest BCUT2D eigenvalue weighted by atomic mass is 79.9. The van der Waals surface area contributed by atoms with Crippen molar-refractivity contribution in [2.45, 2.75) is 6.92 Å². The summed E-state index contributed by atoms with van der Waals surface area (Å²) in [6, 6.07) is 15.8. The molecule has 32 heavy (non-hydrogen) atoms. The quantitative estimate of drug-likeness (QED) is 0.180. The fraction of sp³-hybridized carbons (Fsp3) is 0.0870. The van der Waals surface area contributed by atoms with Gasteiger partial charge in [-0.25, -0.2) is 14.6 Å². The Morgan fingerprint density at radius 2 is 1.88 bits per heavy atom. The molecule has 1 amide bonds. The predicted molar refractivity (Wildman–Crippen MR) is 126 cm³/mol. The van der Waals surface area contributed by atoms with Gasteiger partial charge in [0.25, 0.3) is 5.91 Å². The molecule has 0 fully saturated rings. The summed E-state index contributed by atoms with van der Waals surface area (Å²) in [5, 5.41) is 3.91. The molecule has 0 saturated heterocycles. The van der Waals surface area contributed by atoms with Crippen molar-refractivity contribution in [3.63, 3.8) is 0 Å². The van der Waals surface area contributed by atoms with Crippen LogP contribution in [-0.2, 0) is 4.79 Å². The van der Waals surface area contributed by atoms with Crippen molar-refractivity contribution in [3.05, 3.63) is 92.1 Å². The van der Waals surface area contributed by atoms with Gasteiger partial charge in [-0.3, -0.25) is 4.79 Å². The molecule has 0 aliphatic carbocycles. The molecule has 0 saturated carbocycles. The first-order valence-corrected chi connectivity index (χ1v) is 10.9. The summed E-state index contributed by atoms with van der Waals surface area (Å²) in [6.45, 7) is 1.70. The zero-order valence-electron chi connectivity index (χ0n) is 16.8. The van der Waals surface area contributed by atoms with Crippen LogP contribution in [-0.4, -0.2) is 24.7 Å². The molecule has 3 rings (SSSR count). The van der Waals surface area contributed by atoms with Gasteiger partial charge in [-0.1, -0.05) is 34.1 Å². The monoisotopic (exact) mass is 562 g/mol. The number of ether oxygens (including phenoxy) is 2. The molecule has 0 aliphatic rings. The van der Waals surface area contributed by atoms with E-state index in [4.69, 9.17) is 9.47 Å². The molecule has 164 valence electrons. The Bertz CT molecular complexity index is 1180. The van der Waals surface area contributed by atoms with E-state index in [9.17, 15) is 14.0 Å². The average Bonchev–Trinajstić information content (AvgIpc) is 2.74. The van der Waals surface area contributed by atoms with E-state index in [-0.39, 0.29) is 17.9 Å². The second kappa shape index (κ2) is 11.0. The number of carbonyl (C=O) groups excluding carboxylic acids is 2. The number of esters is 1. The molecule has 0 heterocycles. The molecule has 0 aromatic heterocycles. The minimum atomic E-state index is -0.738. The molecule has 0 bridgehead atoms. The lowest BCUT2D eigenvalue weighted by Crippen LogP contribution is -2.24. The number of halogens is 3. The summed E-state index contributed by atoms with van der Waals surface area (Å²) in [5.41, 5.74) is 3.83. The molecule has 0 aliphatic heterocycles. The molecular formula is C23H17Br2FN2O4. The van der Waals surface area contributed by atoms with Crippen LogP contribution in [0, 0.1) is 12.7 Å². The number of hydrogen-bond acceptors (Lipinski definition) is 5. The highest BCUT2D eigenvalue weighted by molar-refractivity contribution is 9.11. The van der Waals surface area contributed by atoms with Crippen molar-refractivity contribution in [2.24, 2.45) is 5.10 Å². The normalized spacial score (nSPS) is 10.8. The lowest BCUT2D eigenvalue weighted by atomic mass is 10.2. The SMILES string of the molecule is Cc1cccc(OCC(=O)N/N=C\c2cc(Br)cc(Br)c2OC(=O)c2cccc(F)c2)c1. The van der Waals surface area contributed by atoms with E-state index in [1.165, 1.54) is 24.4 Å². The van der Waals surface area contributed by atoms with E-state index in [0.29, 0.717) is 20.3 Å². The maximum atomic E-state index is 13.4. The highest BCUT2D eigenvalue weighted by Crippen LogP contribution is 2.32. The van der Waals surface area contributed by atoms with Crippen molar-refractivity contribution in [3.8, 4) is 11.5 Å². The summed E-state index contributed by atoms with van der Waals surface area (Å²) in [6.07, 6.45) is 1.33. The summed E-state index contributed by atoms with van der Waals surface area (Å²) in [7, 11) is 0. The van der Waals surface area contributed by atoms with Gasteiger partial charge < -0.3 is 9.47 Å². The zero-order chi connectivity index (χ0) is 23.1. The number of carbonyl (C=O) groups is 2. The number of benzene rings is 3. The molecule has 9 heteroatoms. The number of rotatable bonds is 7. The van der Waals surface area contributed by atoms with Crippen LogP contribution in [0.5, 0.6) is 11.5 Å². The standard InChI is InChI=1S/C23H17Br2FN2O4/c1-14-4-2-7-19(8-14)31-13-21(29)28-27-12-16-9-17(24)11-20(25)22(16)32-23(30)15-5-3-6-18(26)10-15/h2-12H,13H2,1H3,(H,28,29)/b27-12-. The van der Waals surface area contributed by atoms with Crippen molar-refractivity contribution in [2.75, 3.05) is 6.61 Å². The van der Waals surface area contributed by atoms with Gasteiger partial charge in [0.1, 0.15) is 11.6 Å². The van der Waals surface area contributed by atoms with Gasteiger partial charge in [-0.2, -0.15) is 5.10 Å². The highest BCUT2D eigenvalue weighted by Gasteiger charge is 2.16. The van der Waals surface area contributed by atoms with Crippen LogP contribution in [0.1, 0.15) is 21.5 Å². The molecule has 0 radical (unpaired) electrons. The number of hydrogen-bond donors (Lipinski definition) is 1. The van der Waals surface area contributed by atoms with Gasteiger partial charge in [-0.15, -0.1) is 0 Å². The Morgan fingerprint density at radius 1 is 1.09 bits per heavy atom. The molecule has 3 aromatic carbocycles. The molecule has 0 unspecified atom stereocenters. The topological polar surface area (TPSA) is 77.0 Å². The summed E-state index contributed by atoms with van der Waals surface area (Å²) in [5.74, 6) is -1.01. The number of aryl methyl sites for hydroxylation is 1. The lowest BCUT2D eigenvalue weighted by Gasteiger charge is -2.11. The molecule has 0 atom stereocenters. The first-order chi connectivity index (χ1) is 15.3. The minimum Gasteiger partial charge on any atom is -0.484 e. The van der Waals surface area contributed by atoms with E-state index >= 15 is 0 Å². The Labute approximate surface area is 200 Å². The van der Waals surface area contributed by atoms with Crippen LogP contribution >= 0.6 is 31.9 Å². The third kappa shape index (κ3) is 6.73. The van der Waals surface area contributed by atoms with Crippen LogP contribution in [0.15, 0.2) is 74.7 Å². The fourth-order valence-electron chi connectivity index (χ4n) is 2.61. The smallest absolute Gasteiger partial charge is 0.343 e. The fourth-order valence-corrected chi connectivity index (χ4v) is 3.95. The van der Waals surface area contributed by atoms with Gasteiger partial charge in [0, 0.05) is 10.0 Å². The second-order valence-electron chi connectivity index (χ2n) is 6.60. The second-order valence-corrected chi connectivity index (χ2v) is 8.37. The van der Waals surface area contributed by atoms with E-state index in [2.05, 4.69) is 42.4 Å². The molecular weight excluding hydrogens is 547 g/mol. The third-order valence-electron chi connectivity index (χ3n) is 4.04. The summed E-state index contributed by atoms with van der Waals surface area (Å²) >= 11 is 6.70. The van der Waals surface area contributed by atoms with Crippen molar-refractivity contribution in [1.29, 1.82) is 0 Å². The molecule has 1 N–H and O–H groups in total. The minimum absolute atomic E-state index is 0.0595. The van der Waals surface area contributed by atoms with Crippen molar-refractivity contribution < 1.29 is 23.5 Å². The molecule has 0 spiro atoms. The van der Waals surface area contributed by atoms with Gasteiger partial charge in [0.2, 0.25) is 0 Å². The third-order valence-corrected chi connectivity index (χ3v) is 5.09. The summed E-state index contributed by atoms with van der Waals surface area (Å²) < 4.78 is 25.4. The average molecular weight is 564 g/mol. The lowest BCUT2D eigenvalue weighted by molar-refractivity contribution is -0.123. The van der Waals surface area contributed by atoms with Crippen LogP contribution in [0.4, 0.5) is 4.39 Å². The first kappa shape index (κ1) is 23.6. The summed E-state index contributed by atoms with van der Waals surface area (Å²) in [4.78, 5) is 24.4. The van der Waals surface area contributed by atoms with Crippen LogP contribution in [0.2, 0.25) is 0 Å². The Hall–Kier alpha value is -3.04. The van der Waals surface area contributed by atoms with Crippen LogP contribution in [0.25, 0.3) is 0 Å². The molecule has 3 aromatic rings. The first-order valence-electron chi connectivity index (χ1n) is 9.30. The number of hydrazone groups is 1. The number of nitrogens with zero attached hydrogens (tertiary/aromatic N) is 1. The molecule has 6 nitrogen and oxygen atoms in total. The predicted octanol–water partition coefficient (Wildman–Crippen LogP) is 5.41. The van der Waals surface area contributed by atoms with E-state index in [0.717, 1.165) is 11.6 Å². The Balaban J connectivity index is 1.68. The zero-order valence-corrected chi connectivity index (χ0v) is 19.9. The van der Waals surface area contributed by atoms with Gasteiger partial charge >= 0.3 is 5.97 Å².